The summed E-state index contributed by atoms with van der Waals surface area (Å²) in [6.07, 6.45) is -3.36. The second-order valence-electron chi connectivity index (χ2n) is 7.17. The lowest BCUT2D eigenvalue weighted by molar-refractivity contribution is -0.154. The molecule has 108 valence electrons. The summed E-state index contributed by atoms with van der Waals surface area (Å²) in [7, 11) is 0. The fourth-order valence-electron chi connectivity index (χ4n) is 2.20. The summed E-state index contributed by atoms with van der Waals surface area (Å²) in [4.78, 5) is 12.4. The van der Waals surface area contributed by atoms with E-state index in [1.165, 1.54) is 0 Å². The van der Waals surface area contributed by atoms with Gasteiger partial charge in [-0.05, 0) is 17.8 Å². The minimum absolute atomic E-state index is 0.152. The lowest BCUT2D eigenvalue weighted by Crippen LogP contribution is -2.33. The van der Waals surface area contributed by atoms with Gasteiger partial charge in [-0.2, -0.15) is 0 Å². The number of benzene rings is 1. The summed E-state index contributed by atoms with van der Waals surface area (Å²) in [6.45, 7) is 14.6. The van der Waals surface area contributed by atoms with E-state index < -0.39 is 6.19 Å². The molecule has 0 aromatic heterocycles. The molecule has 0 saturated heterocycles. The van der Waals surface area contributed by atoms with Gasteiger partial charge in [-0.1, -0.05) is 59.2 Å². The molecule has 0 bridgehead atoms. The molecule has 0 saturated carbocycles. The van der Waals surface area contributed by atoms with E-state index >= 15 is 0 Å². The molecule has 0 N–H and O–H groups in total. The molecule has 0 atom stereocenters. The first kappa shape index (κ1) is 17.2. The third-order valence-corrected chi connectivity index (χ3v) is 5.15. The van der Waals surface area contributed by atoms with Crippen LogP contribution in [0, 0.1) is 6.92 Å². The van der Waals surface area contributed by atoms with Crippen molar-refractivity contribution >= 4 is 34.0 Å². The second kappa shape index (κ2) is 5.19. The van der Waals surface area contributed by atoms with Crippen LogP contribution in [0.15, 0.2) is 12.1 Å². The summed E-state index contributed by atoms with van der Waals surface area (Å²) >= 11 is 12.1. The van der Waals surface area contributed by atoms with E-state index in [1.807, 2.05) is 19.1 Å². The van der Waals surface area contributed by atoms with Gasteiger partial charge in [0.05, 0.1) is 0 Å². The summed E-state index contributed by atoms with van der Waals surface area (Å²) in [5.41, 5.74) is 2.79. The molecule has 0 aliphatic carbocycles. The molecule has 1 nitrogen and oxygen atoms in total. The Morgan fingerprint density at radius 2 is 1.21 bits per heavy atom. The minimum Gasteiger partial charge on any atom is -0.647 e. The van der Waals surface area contributed by atoms with Crippen molar-refractivity contribution < 1.29 is 4.89 Å². The molecule has 0 amide bonds. The van der Waals surface area contributed by atoms with Crippen molar-refractivity contribution in [1.29, 1.82) is 0 Å². The van der Waals surface area contributed by atoms with Crippen molar-refractivity contribution in [3.05, 3.63) is 28.8 Å². The zero-order valence-corrected chi connectivity index (χ0v) is 15.2. The first-order valence-electron chi connectivity index (χ1n) is 6.40. The molecule has 4 heteroatoms. The van der Waals surface area contributed by atoms with Crippen LogP contribution in [0.25, 0.3) is 0 Å². The van der Waals surface area contributed by atoms with Crippen molar-refractivity contribution in [2.45, 2.75) is 59.3 Å². The quantitative estimate of drug-likeness (QED) is 0.680. The zero-order valence-electron chi connectivity index (χ0n) is 12.8. The molecule has 0 spiro atoms. The summed E-state index contributed by atoms with van der Waals surface area (Å²) in [5.74, 6) is 0. The van der Waals surface area contributed by atoms with Gasteiger partial charge in [0, 0.05) is 11.1 Å². The molecule has 0 fully saturated rings. The van der Waals surface area contributed by atoms with Gasteiger partial charge in [0.1, 0.15) is 27.8 Å². The SMILES string of the molecule is Cc1cc(C(C)(C)C)c([P+]([O-])(Cl)Cl)c(C(C)(C)C)c1. The summed E-state index contributed by atoms with van der Waals surface area (Å²) in [6, 6.07) is 4.09. The highest BCUT2D eigenvalue weighted by molar-refractivity contribution is 8.17. The molecule has 1 rings (SSSR count). The Labute approximate surface area is 127 Å². The predicted octanol–water partition coefficient (Wildman–Crippen LogP) is 4.82. The van der Waals surface area contributed by atoms with Crippen molar-refractivity contribution in [2.75, 3.05) is 0 Å². The molecule has 0 aliphatic heterocycles. The maximum atomic E-state index is 12.4. The Morgan fingerprint density at radius 1 is 0.895 bits per heavy atom. The zero-order chi connectivity index (χ0) is 15.2. The van der Waals surface area contributed by atoms with E-state index in [1.54, 1.807) is 0 Å². The molecule has 0 heterocycles. The highest BCUT2D eigenvalue weighted by Crippen LogP contribution is 2.62. The summed E-state index contributed by atoms with van der Waals surface area (Å²) in [5, 5.41) is 0.626. The first-order valence-corrected chi connectivity index (χ1v) is 9.92. The lowest BCUT2D eigenvalue weighted by atomic mass is 9.79. The topological polar surface area (TPSA) is 23.1 Å². The van der Waals surface area contributed by atoms with E-state index in [4.69, 9.17) is 22.5 Å². The van der Waals surface area contributed by atoms with Crippen LogP contribution in [0.1, 0.15) is 58.2 Å². The van der Waals surface area contributed by atoms with Crippen LogP contribution in [0.4, 0.5) is 0 Å². The van der Waals surface area contributed by atoms with Gasteiger partial charge in [0.2, 0.25) is 6.19 Å². The number of halogens is 2. The normalized spacial score (nSPS) is 13.8. The van der Waals surface area contributed by atoms with E-state index in [0.717, 1.165) is 16.7 Å². The van der Waals surface area contributed by atoms with Crippen molar-refractivity contribution in [1.82, 2.24) is 0 Å². The maximum Gasteiger partial charge on any atom is 0.201 e. The second-order valence-corrected chi connectivity index (χ2v) is 11.9. The van der Waals surface area contributed by atoms with Gasteiger partial charge >= 0.3 is 0 Å². The predicted molar refractivity (Wildman–Crippen MR) is 86.8 cm³/mol. The van der Waals surface area contributed by atoms with Crippen LogP contribution in [0.2, 0.25) is 0 Å². The Kier molecular flexibility index (Phi) is 4.71. The van der Waals surface area contributed by atoms with Gasteiger partial charge in [0.15, 0.2) is 0 Å². The Morgan fingerprint density at radius 3 is 1.42 bits per heavy atom. The third kappa shape index (κ3) is 4.08. The average Bonchev–Trinajstić information content (AvgIpc) is 2.11. The number of hydrogen-bond acceptors (Lipinski definition) is 1. The number of hydrogen-bond donors (Lipinski definition) is 0. The molecule has 0 aliphatic rings. The van der Waals surface area contributed by atoms with Crippen LogP contribution in [-0.2, 0) is 10.8 Å². The lowest BCUT2D eigenvalue weighted by Gasteiger charge is -2.32. The van der Waals surface area contributed by atoms with Crippen LogP contribution >= 0.6 is 28.7 Å². The van der Waals surface area contributed by atoms with Crippen LogP contribution < -0.4 is 10.2 Å². The minimum atomic E-state index is -3.36. The van der Waals surface area contributed by atoms with Gasteiger partial charge in [-0.15, -0.1) is 0 Å². The molecule has 0 unspecified atom stereocenters. The van der Waals surface area contributed by atoms with E-state index in [0.29, 0.717) is 5.30 Å². The molecular formula is C15H23Cl2OP. The highest BCUT2D eigenvalue weighted by Gasteiger charge is 2.38. The summed E-state index contributed by atoms with van der Waals surface area (Å²) < 4.78 is 0. The smallest absolute Gasteiger partial charge is 0.201 e. The standard InChI is InChI=1S/C15H23Cl2OP/c1-10-8-11(14(2,3)4)13(19(16,17)18)12(9-10)15(5,6)7/h8-9H,1-7H3. The van der Waals surface area contributed by atoms with Crippen LogP contribution in [0.3, 0.4) is 0 Å². The molecular weight excluding hydrogens is 298 g/mol. The Balaban J connectivity index is 3.80. The molecule has 1 aromatic carbocycles. The fourth-order valence-corrected chi connectivity index (χ4v) is 4.66. The van der Waals surface area contributed by atoms with E-state index in [9.17, 15) is 4.89 Å². The van der Waals surface area contributed by atoms with Gasteiger partial charge < -0.3 is 4.89 Å². The van der Waals surface area contributed by atoms with Crippen molar-refractivity contribution in [2.24, 2.45) is 0 Å². The van der Waals surface area contributed by atoms with Crippen LogP contribution in [-0.4, -0.2) is 0 Å². The Hall–Kier alpha value is 0.190. The molecule has 0 radical (unpaired) electrons. The molecule has 19 heavy (non-hydrogen) atoms. The first-order chi connectivity index (χ1) is 8.24. The van der Waals surface area contributed by atoms with Gasteiger partial charge in [0.25, 0.3) is 0 Å². The monoisotopic (exact) mass is 320 g/mol. The number of aryl methyl sites for hydroxylation is 1. The third-order valence-electron chi connectivity index (χ3n) is 3.13. The number of rotatable bonds is 1. The van der Waals surface area contributed by atoms with E-state index in [2.05, 4.69) is 41.5 Å². The Bertz CT molecular complexity index is 441. The van der Waals surface area contributed by atoms with Gasteiger partial charge in [-0.25, -0.2) is 0 Å². The average molecular weight is 321 g/mol. The van der Waals surface area contributed by atoms with Crippen molar-refractivity contribution in [3.8, 4) is 0 Å². The molecule has 1 aromatic rings. The highest BCUT2D eigenvalue weighted by atomic mass is 35.9. The largest absolute Gasteiger partial charge is 0.647 e. The van der Waals surface area contributed by atoms with Gasteiger partial charge in [-0.3, -0.25) is 0 Å². The fraction of sp³-hybridized carbons (Fsp3) is 0.600. The van der Waals surface area contributed by atoms with Crippen molar-refractivity contribution in [3.63, 3.8) is 0 Å². The maximum absolute atomic E-state index is 12.4. The van der Waals surface area contributed by atoms with Crippen LogP contribution in [0.5, 0.6) is 0 Å². The van der Waals surface area contributed by atoms with E-state index in [-0.39, 0.29) is 10.8 Å².